The number of carboxylic acids is 1. The van der Waals surface area contributed by atoms with Crippen molar-refractivity contribution in [3.8, 4) is 0 Å². The fraction of sp³-hybridized carbons (Fsp3) is 0.348. The van der Waals surface area contributed by atoms with E-state index in [0.717, 1.165) is 16.9 Å². The van der Waals surface area contributed by atoms with Gasteiger partial charge >= 0.3 is 5.97 Å². The first-order valence-electron chi connectivity index (χ1n) is 9.92. The molecule has 0 aliphatic heterocycles. The van der Waals surface area contributed by atoms with Gasteiger partial charge in [-0.25, -0.2) is 9.78 Å². The van der Waals surface area contributed by atoms with E-state index in [1.54, 1.807) is 47.6 Å². The molecule has 1 unspecified atom stereocenters. The van der Waals surface area contributed by atoms with Gasteiger partial charge in [0.05, 0.1) is 22.5 Å². The van der Waals surface area contributed by atoms with Crippen LogP contribution in [0.15, 0.2) is 46.3 Å². The molecule has 30 heavy (non-hydrogen) atoms. The number of nitrogens with one attached hydrogen (secondary N) is 1. The first-order valence-corrected chi connectivity index (χ1v) is 10.9. The molecular weight excluding hydrogens is 398 g/mol. The van der Waals surface area contributed by atoms with E-state index in [4.69, 9.17) is 4.98 Å². The van der Waals surface area contributed by atoms with Gasteiger partial charge in [0.15, 0.2) is 5.16 Å². The van der Waals surface area contributed by atoms with Crippen LogP contribution in [0.25, 0.3) is 10.9 Å². The van der Waals surface area contributed by atoms with Crippen molar-refractivity contribution in [3.63, 3.8) is 0 Å². The smallest absolute Gasteiger partial charge is 0.337 e. The molecule has 158 valence electrons. The van der Waals surface area contributed by atoms with Gasteiger partial charge in [-0.3, -0.25) is 9.36 Å². The van der Waals surface area contributed by atoms with Crippen LogP contribution >= 0.6 is 11.8 Å². The number of hydrogen-bond donors (Lipinski definition) is 2. The van der Waals surface area contributed by atoms with Gasteiger partial charge in [-0.05, 0) is 43.5 Å². The number of carboxylic acid groups (broad SMARTS) is 1. The zero-order chi connectivity index (χ0) is 22.0. The molecule has 2 N–H and O–H groups in total. The van der Waals surface area contributed by atoms with Crippen molar-refractivity contribution >= 4 is 34.3 Å². The molecule has 0 fully saturated rings. The first-order chi connectivity index (χ1) is 14.2. The lowest BCUT2D eigenvalue weighted by atomic mass is 10.0. The van der Waals surface area contributed by atoms with Crippen LogP contribution in [-0.4, -0.2) is 26.4 Å². The molecule has 3 rings (SSSR count). The van der Waals surface area contributed by atoms with Gasteiger partial charge in [0.2, 0.25) is 0 Å². The fourth-order valence-corrected chi connectivity index (χ4v) is 4.25. The summed E-state index contributed by atoms with van der Waals surface area (Å²) in [5.74, 6) is 0.360. The maximum absolute atomic E-state index is 13.0. The summed E-state index contributed by atoms with van der Waals surface area (Å²) < 4.78 is 1.61. The molecule has 0 bridgehead atoms. The van der Waals surface area contributed by atoms with Crippen LogP contribution in [0.2, 0.25) is 0 Å². The van der Waals surface area contributed by atoms with Crippen LogP contribution in [-0.2, 0) is 7.05 Å². The molecular formula is C23H27N3O3S. The normalized spacial score (nSPS) is 12.3. The van der Waals surface area contributed by atoms with Gasteiger partial charge in [0, 0.05) is 24.1 Å². The van der Waals surface area contributed by atoms with E-state index in [1.165, 1.54) is 0 Å². The number of benzene rings is 2. The van der Waals surface area contributed by atoms with Crippen molar-refractivity contribution in [3.05, 3.63) is 63.4 Å². The Hall–Kier alpha value is -2.80. The summed E-state index contributed by atoms with van der Waals surface area (Å²) in [5.41, 5.74) is 3.15. The number of thioether (sulfide) groups is 1. The topological polar surface area (TPSA) is 84.2 Å². The number of nitrogens with zero attached hydrogens (tertiary/aromatic N) is 2. The molecule has 0 aliphatic rings. The maximum atomic E-state index is 13.0. The third-order valence-corrected chi connectivity index (χ3v) is 6.31. The van der Waals surface area contributed by atoms with E-state index < -0.39 is 5.97 Å². The number of anilines is 1. The van der Waals surface area contributed by atoms with E-state index in [9.17, 15) is 14.7 Å². The molecule has 0 aliphatic carbocycles. The van der Waals surface area contributed by atoms with Crippen LogP contribution in [0.3, 0.4) is 0 Å². The van der Waals surface area contributed by atoms with Crippen LogP contribution in [0.5, 0.6) is 0 Å². The summed E-state index contributed by atoms with van der Waals surface area (Å²) in [5, 5.41) is 14.0. The quantitative estimate of drug-likeness (QED) is 0.415. The highest BCUT2D eigenvalue weighted by Gasteiger charge is 2.18. The molecule has 0 saturated heterocycles. The Morgan fingerprint density at radius 2 is 1.93 bits per heavy atom. The molecule has 1 heterocycles. The van der Waals surface area contributed by atoms with Crippen LogP contribution < -0.4 is 10.9 Å². The van der Waals surface area contributed by atoms with Crippen molar-refractivity contribution in [2.75, 3.05) is 11.1 Å². The molecule has 2 aromatic carbocycles. The number of hydrogen-bond acceptors (Lipinski definition) is 5. The standard InChI is InChI=1S/C23H27N3O3S/c1-13(2)12-30-23-25-20-17(10-14(3)11-18(20)21(27)26(23)5)15(4)24-19-9-7-6-8-16(19)22(28)29/h6-11,13,15,24H,12H2,1-5H3,(H,28,29). The Bertz CT molecular complexity index is 1150. The van der Waals surface area contributed by atoms with Gasteiger partial charge in [0.1, 0.15) is 0 Å². The monoisotopic (exact) mass is 425 g/mol. The number of fused-ring (bicyclic) bond motifs is 1. The third kappa shape index (κ3) is 4.51. The molecule has 0 saturated carbocycles. The highest BCUT2D eigenvalue weighted by molar-refractivity contribution is 7.99. The molecule has 7 heteroatoms. The van der Waals surface area contributed by atoms with E-state index in [1.807, 2.05) is 26.0 Å². The van der Waals surface area contributed by atoms with Crippen molar-refractivity contribution < 1.29 is 9.90 Å². The van der Waals surface area contributed by atoms with Gasteiger partial charge in [-0.15, -0.1) is 0 Å². The zero-order valence-electron chi connectivity index (χ0n) is 17.9. The van der Waals surface area contributed by atoms with Gasteiger partial charge < -0.3 is 10.4 Å². The van der Waals surface area contributed by atoms with Gasteiger partial charge in [-0.2, -0.15) is 0 Å². The van der Waals surface area contributed by atoms with E-state index in [0.29, 0.717) is 27.7 Å². The van der Waals surface area contributed by atoms with Gasteiger partial charge in [0.25, 0.3) is 5.56 Å². The summed E-state index contributed by atoms with van der Waals surface area (Å²) in [6, 6.07) is 10.4. The number of aromatic carboxylic acids is 1. The second kappa shape index (κ2) is 8.92. The highest BCUT2D eigenvalue weighted by atomic mass is 32.2. The Morgan fingerprint density at radius 1 is 1.23 bits per heavy atom. The van der Waals surface area contributed by atoms with Crippen LogP contribution in [0.4, 0.5) is 5.69 Å². The molecule has 6 nitrogen and oxygen atoms in total. The Labute approximate surface area is 180 Å². The maximum Gasteiger partial charge on any atom is 0.337 e. The summed E-state index contributed by atoms with van der Waals surface area (Å²) >= 11 is 1.57. The van der Waals surface area contributed by atoms with Crippen molar-refractivity contribution in [2.45, 2.75) is 38.9 Å². The second-order valence-corrected chi connectivity index (χ2v) is 8.92. The second-order valence-electron chi connectivity index (χ2n) is 7.93. The van der Waals surface area contributed by atoms with E-state index >= 15 is 0 Å². The number of aryl methyl sites for hydroxylation is 1. The van der Waals surface area contributed by atoms with E-state index in [2.05, 4.69) is 19.2 Å². The summed E-state index contributed by atoms with van der Waals surface area (Å²) in [7, 11) is 1.75. The number of carbonyl (C=O) groups is 1. The minimum atomic E-state index is -0.987. The predicted octanol–water partition coefficient (Wildman–Crippen LogP) is 4.86. The largest absolute Gasteiger partial charge is 0.478 e. The highest BCUT2D eigenvalue weighted by Crippen LogP contribution is 2.29. The fourth-order valence-electron chi connectivity index (χ4n) is 3.34. The summed E-state index contributed by atoms with van der Waals surface area (Å²) in [6.07, 6.45) is 0. The van der Waals surface area contributed by atoms with Crippen molar-refractivity contribution in [1.29, 1.82) is 0 Å². The van der Waals surface area contributed by atoms with Crippen LogP contribution in [0.1, 0.15) is 48.3 Å². The molecule has 3 aromatic rings. The lowest BCUT2D eigenvalue weighted by molar-refractivity contribution is 0.0698. The molecule has 0 spiro atoms. The summed E-state index contributed by atoms with van der Waals surface area (Å²) in [4.78, 5) is 29.4. The minimum Gasteiger partial charge on any atom is -0.478 e. The number of rotatable bonds is 7. The predicted molar refractivity (Wildman–Crippen MR) is 123 cm³/mol. The summed E-state index contributed by atoms with van der Waals surface area (Å²) in [6.45, 7) is 8.16. The molecule has 0 amide bonds. The average molecular weight is 426 g/mol. The molecule has 1 atom stereocenters. The van der Waals surface area contributed by atoms with Gasteiger partial charge in [-0.1, -0.05) is 43.8 Å². The molecule has 1 aromatic heterocycles. The van der Waals surface area contributed by atoms with E-state index in [-0.39, 0.29) is 17.2 Å². The Kier molecular flexibility index (Phi) is 6.51. The first kappa shape index (κ1) is 21.9. The van der Waals surface area contributed by atoms with Crippen molar-refractivity contribution in [2.24, 2.45) is 13.0 Å². The van der Waals surface area contributed by atoms with Crippen LogP contribution in [0, 0.1) is 12.8 Å². The van der Waals surface area contributed by atoms with Crippen molar-refractivity contribution in [1.82, 2.24) is 9.55 Å². The lowest BCUT2D eigenvalue weighted by Gasteiger charge is -2.20. The minimum absolute atomic E-state index is 0.0747. The SMILES string of the molecule is Cc1cc(C(C)Nc2ccccc2C(=O)O)c2nc(SCC(C)C)n(C)c(=O)c2c1. The number of para-hydroxylation sites is 1. The Balaban J connectivity index is 2.11. The third-order valence-electron chi connectivity index (χ3n) is 4.85. The number of aromatic nitrogens is 2. The average Bonchev–Trinajstić information content (AvgIpc) is 2.69. The zero-order valence-corrected chi connectivity index (χ0v) is 18.7. The molecule has 0 radical (unpaired) electrons. The Morgan fingerprint density at radius 3 is 2.60 bits per heavy atom. The lowest BCUT2D eigenvalue weighted by Crippen LogP contribution is -2.22.